The molecule has 6 nitrogen and oxygen atoms in total. The van der Waals surface area contributed by atoms with Gasteiger partial charge in [-0.3, -0.25) is 10.1 Å². The van der Waals surface area contributed by atoms with Crippen molar-refractivity contribution in [3.05, 3.63) is 0 Å². The van der Waals surface area contributed by atoms with Crippen LogP contribution in [0.3, 0.4) is 0 Å². The van der Waals surface area contributed by atoms with Crippen LogP contribution in [0.5, 0.6) is 0 Å². The molecule has 2 heterocycles. The van der Waals surface area contributed by atoms with Gasteiger partial charge in [0.15, 0.2) is 0 Å². The summed E-state index contributed by atoms with van der Waals surface area (Å²) in [4.78, 5) is 13.5. The minimum Gasteiger partial charge on any atom is -0.481 e. The minimum absolute atomic E-state index is 0.0921. The van der Waals surface area contributed by atoms with Crippen molar-refractivity contribution in [2.45, 2.75) is 87.4 Å². The van der Waals surface area contributed by atoms with Gasteiger partial charge in [0.25, 0.3) is 0 Å². The molecular weight excluding hydrogens is 449 g/mol. The zero-order chi connectivity index (χ0) is 22.7. The summed E-state index contributed by atoms with van der Waals surface area (Å²) < 4.78 is 6.30. The van der Waals surface area contributed by atoms with Crippen LogP contribution in [0.25, 0.3) is 0 Å². The molecule has 32 heavy (non-hydrogen) atoms. The first-order valence-corrected chi connectivity index (χ1v) is 13.6. The van der Waals surface area contributed by atoms with Gasteiger partial charge in [0.05, 0.1) is 23.6 Å². The number of piperidine rings is 1. The van der Waals surface area contributed by atoms with E-state index in [4.69, 9.17) is 27.9 Å². The van der Waals surface area contributed by atoms with Crippen molar-refractivity contribution in [3.8, 4) is 0 Å². The molecule has 0 aromatic heterocycles. The van der Waals surface area contributed by atoms with E-state index in [1.807, 2.05) is 0 Å². The average Bonchev–Trinajstić information content (AvgIpc) is 2.80. The molecule has 184 valence electrons. The highest BCUT2D eigenvalue weighted by atomic mass is 35.5. The monoisotopic (exact) mass is 489 g/mol. The average molecular weight is 491 g/mol. The molecule has 8 heteroatoms. The summed E-state index contributed by atoms with van der Waals surface area (Å²) in [5.41, 5.74) is 0. The Labute approximate surface area is 203 Å². The maximum absolute atomic E-state index is 11.2. The van der Waals surface area contributed by atoms with E-state index in [9.17, 15) is 9.90 Å². The van der Waals surface area contributed by atoms with Crippen LogP contribution in [-0.2, 0) is 9.53 Å². The molecule has 7 atom stereocenters. The van der Waals surface area contributed by atoms with Gasteiger partial charge in [0, 0.05) is 37.7 Å². The predicted molar refractivity (Wildman–Crippen MR) is 128 cm³/mol. The molecular formula is C24H41Cl2N3O3. The van der Waals surface area contributed by atoms with Crippen LogP contribution in [0.1, 0.15) is 58.3 Å². The molecule has 2 saturated carbocycles. The Morgan fingerprint density at radius 2 is 1.88 bits per heavy atom. The molecule has 4 aliphatic rings. The van der Waals surface area contributed by atoms with E-state index in [-0.39, 0.29) is 16.7 Å². The predicted octanol–water partition coefficient (Wildman–Crippen LogP) is 3.51. The molecule has 3 N–H and O–H groups in total. The largest absolute Gasteiger partial charge is 0.481 e. The van der Waals surface area contributed by atoms with E-state index in [0.717, 1.165) is 64.8 Å². The van der Waals surface area contributed by atoms with Crippen molar-refractivity contribution in [1.82, 2.24) is 15.5 Å². The molecule has 0 aromatic carbocycles. The van der Waals surface area contributed by atoms with E-state index >= 15 is 0 Å². The number of hydrogen-bond acceptors (Lipinski definition) is 5. The quantitative estimate of drug-likeness (QED) is 0.475. The van der Waals surface area contributed by atoms with Gasteiger partial charge in [0.2, 0.25) is 0 Å². The normalized spacial score (nSPS) is 42.2. The maximum Gasteiger partial charge on any atom is 0.307 e. The topological polar surface area (TPSA) is 73.8 Å². The molecule has 2 saturated heterocycles. The SMILES string of the molecule is CC(CN1CCC2NC(C3CCC(OCC4CCC(Cl)C(Cl)C4)CC3)NCC2C1)C(=O)O. The molecule has 0 aromatic rings. The van der Waals surface area contributed by atoms with Gasteiger partial charge in [-0.25, -0.2) is 0 Å². The third kappa shape index (κ3) is 6.51. The second kappa shape index (κ2) is 11.5. The minimum atomic E-state index is -0.697. The molecule has 4 rings (SSSR count). The molecule has 2 aliphatic carbocycles. The molecule has 0 bridgehead atoms. The number of carboxylic acid groups (broad SMARTS) is 1. The fraction of sp³-hybridized carbons (Fsp3) is 0.958. The molecule has 4 fully saturated rings. The Bertz CT molecular complexity index is 619. The third-order valence-electron chi connectivity index (χ3n) is 8.32. The summed E-state index contributed by atoms with van der Waals surface area (Å²) in [5.74, 6) is 0.799. The third-order valence-corrected chi connectivity index (χ3v) is 9.46. The lowest BCUT2D eigenvalue weighted by atomic mass is 9.81. The number of nitrogens with zero attached hydrogens (tertiary/aromatic N) is 1. The number of halogens is 2. The Balaban J connectivity index is 1.15. The zero-order valence-electron chi connectivity index (χ0n) is 19.4. The number of fused-ring (bicyclic) bond motifs is 1. The Morgan fingerprint density at radius 1 is 1.09 bits per heavy atom. The lowest BCUT2D eigenvalue weighted by Gasteiger charge is -2.47. The smallest absolute Gasteiger partial charge is 0.307 e. The maximum atomic E-state index is 11.2. The highest BCUT2D eigenvalue weighted by Gasteiger charge is 2.38. The first kappa shape index (κ1) is 25.0. The number of carboxylic acids is 1. The first-order valence-electron chi connectivity index (χ1n) is 12.7. The van der Waals surface area contributed by atoms with Crippen molar-refractivity contribution in [3.63, 3.8) is 0 Å². The molecule has 7 unspecified atom stereocenters. The van der Waals surface area contributed by atoms with E-state index in [1.54, 1.807) is 6.92 Å². The Kier molecular flexibility index (Phi) is 9.02. The standard InChI is InChI=1S/C24H41Cl2N3O3/c1-15(24(30)31)12-29-9-8-22-18(13-29)11-27-23(28-22)17-3-5-19(6-4-17)32-14-16-2-7-20(25)21(26)10-16/h15-23,27-28H,2-14H2,1H3,(H,30,31). The van der Waals surface area contributed by atoms with Gasteiger partial charge in [0.1, 0.15) is 0 Å². The summed E-state index contributed by atoms with van der Waals surface area (Å²) in [5, 5.41) is 17.1. The zero-order valence-corrected chi connectivity index (χ0v) is 20.9. The first-order chi connectivity index (χ1) is 15.4. The van der Waals surface area contributed by atoms with Crippen molar-refractivity contribution in [2.24, 2.45) is 23.7 Å². The van der Waals surface area contributed by atoms with Crippen molar-refractivity contribution >= 4 is 29.2 Å². The van der Waals surface area contributed by atoms with Gasteiger partial charge in [-0.15, -0.1) is 23.2 Å². The van der Waals surface area contributed by atoms with Gasteiger partial charge in [-0.1, -0.05) is 6.92 Å². The number of carbonyl (C=O) groups is 1. The number of ether oxygens (including phenoxy) is 1. The number of likely N-dealkylation sites (tertiary alicyclic amines) is 1. The summed E-state index contributed by atoms with van der Waals surface area (Å²) in [6, 6.07) is 0.548. The number of hydrogen-bond donors (Lipinski definition) is 3. The van der Waals surface area contributed by atoms with Crippen LogP contribution >= 0.6 is 23.2 Å². The molecule has 0 amide bonds. The van der Waals surface area contributed by atoms with E-state index < -0.39 is 5.97 Å². The Hall–Kier alpha value is -0.110. The molecule has 0 radical (unpaired) electrons. The van der Waals surface area contributed by atoms with Crippen LogP contribution in [0.15, 0.2) is 0 Å². The number of rotatable bonds is 7. The van der Waals surface area contributed by atoms with Gasteiger partial charge in [-0.05, 0) is 75.7 Å². The van der Waals surface area contributed by atoms with Crippen LogP contribution < -0.4 is 10.6 Å². The number of aliphatic carboxylic acids is 1. The van der Waals surface area contributed by atoms with Crippen LogP contribution in [0, 0.1) is 23.7 Å². The van der Waals surface area contributed by atoms with E-state index in [2.05, 4.69) is 15.5 Å². The van der Waals surface area contributed by atoms with Gasteiger partial charge in [-0.2, -0.15) is 0 Å². The second-order valence-corrected chi connectivity index (χ2v) is 11.9. The molecule has 0 spiro atoms. The summed E-state index contributed by atoms with van der Waals surface area (Å²) in [6.07, 6.45) is 9.75. The highest BCUT2D eigenvalue weighted by molar-refractivity contribution is 6.30. The van der Waals surface area contributed by atoms with Crippen molar-refractivity contribution in [1.29, 1.82) is 0 Å². The van der Waals surface area contributed by atoms with Crippen LogP contribution in [0.4, 0.5) is 0 Å². The fourth-order valence-corrected chi connectivity index (χ4v) is 6.81. The van der Waals surface area contributed by atoms with E-state index in [0.29, 0.717) is 42.6 Å². The lowest BCUT2D eigenvalue weighted by Crippen LogP contribution is -2.65. The number of alkyl halides is 2. The van der Waals surface area contributed by atoms with Crippen molar-refractivity contribution in [2.75, 3.05) is 32.8 Å². The highest BCUT2D eigenvalue weighted by Crippen LogP contribution is 2.34. The fourth-order valence-electron chi connectivity index (χ4n) is 6.21. The van der Waals surface area contributed by atoms with Crippen LogP contribution in [-0.4, -0.2) is 77.8 Å². The van der Waals surface area contributed by atoms with Gasteiger partial charge < -0.3 is 20.1 Å². The summed E-state index contributed by atoms with van der Waals surface area (Å²) in [6.45, 7) is 6.31. The van der Waals surface area contributed by atoms with Gasteiger partial charge >= 0.3 is 5.97 Å². The van der Waals surface area contributed by atoms with Crippen molar-refractivity contribution < 1.29 is 14.6 Å². The van der Waals surface area contributed by atoms with Crippen LogP contribution in [0.2, 0.25) is 0 Å². The second-order valence-electron chi connectivity index (χ2n) is 10.8. The number of nitrogens with one attached hydrogen (secondary N) is 2. The Morgan fingerprint density at radius 3 is 2.59 bits per heavy atom. The lowest BCUT2D eigenvalue weighted by molar-refractivity contribution is -0.142. The molecule has 2 aliphatic heterocycles. The van der Waals surface area contributed by atoms with E-state index in [1.165, 1.54) is 12.8 Å². The summed E-state index contributed by atoms with van der Waals surface area (Å²) in [7, 11) is 0. The summed E-state index contributed by atoms with van der Waals surface area (Å²) >= 11 is 12.6.